The van der Waals surface area contributed by atoms with Crippen molar-refractivity contribution in [3.63, 3.8) is 0 Å². The van der Waals surface area contributed by atoms with Gasteiger partial charge in [0, 0.05) is 56.4 Å². The third-order valence-electron chi connectivity index (χ3n) is 5.79. The third kappa shape index (κ3) is 5.43. The molecule has 0 N–H and O–H groups in total. The Hall–Kier alpha value is -2.76. The number of hydrogen-bond acceptors (Lipinski definition) is 7. The molecule has 1 aromatic heterocycles. The van der Waals surface area contributed by atoms with Gasteiger partial charge in [-0.1, -0.05) is 0 Å². The molecule has 1 fully saturated rings. The zero-order valence-corrected chi connectivity index (χ0v) is 19.9. The van der Waals surface area contributed by atoms with Crippen molar-refractivity contribution in [2.45, 2.75) is 44.6 Å². The number of sulfonamides is 1. The summed E-state index contributed by atoms with van der Waals surface area (Å²) in [5.41, 5.74) is 1.71. The summed E-state index contributed by atoms with van der Waals surface area (Å²) < 4.78 is 39.4. The van der Waals surface area contributed by atoms with Gasteiger partial charge in [-0.3, -0.25) is 14.9 Å². The smallest absolute Gasteiger partial charge is 0.312 e. The van der Waals surface area contributed by atoms with Crippen molar-refractivity contribution in [1.82, 2.24) is 8.87 Å². The van der Waals surface area contributed by atoms with Crippen LogP contribution in [0.4, 0.5) is 5.69 Å². The van der Waals surface area contributed by atoms with Crippen LogP contribution in [0.5, 0.6) is 5.75 Å². The first-order valence-electron chi connectivity index (χ1n) is 10.8. The fraction of sp³-hybridized carbons (Fsp3) is 0.500. The van der Waals surface area contributed by atoms with E-state index in [2.05, 4.69) is 0 Å². The summed E-state index contributed by atoms with van der Waals surface area (Å²) >= 11 is 0. The monoisotopic (exact) mass is 479 g/mol. The molecule has 10 nitrogen and oxygen atoms in total. The number of Topliss-reactive ketones (excluding diaryl/α,β-unsaturated/α-hetero) is 1. The molecule has 0 bridgehead atoms. The number of rotatable bonds is 11. The Balaban J connectivity index is 1.76. The van der Waals surface area contributed by atoms with Gasteiger partial charge in [-0.05, 0) is 51.3 Å². The molecule has 0 saturated carbocycles. The van der Waals surface area contributed by atoms with Crippen molar-refractivity contribution in [1.29, 1.82) is 0 Å². The van der Waals surface area contributed by atoms with Gasteiger partial charge in [0.2, 0.25) is 15.8 Å². The van der Waals surface area contributed by atoms with Crippen LogP contribution in [0.3, 0.4) is 0 Å². The van der Waals surface area contributed by atoms with Crippen molar-refractivity contribution in [2.24, 2.45) is 0 Å². The van der Waals surface area contributed by atoms with Gasteiger partial charge >= 0.3 is 5.69 Å². The second-order valence-electron chi connectivity index (χ2n) is 7.99. The normalized spacial score (nSPS) is 14.5. The Morgan fingerprint density at radius 2 is 1.88 bits per heavy atom. The fourth-order valence-electron chi connectivity index (χ4n) is 4.02. The fourth-order valence-corrected chi connectivity index (χ4v) is 5.55. The minimum atomic E-state index is -3.81. The number of benzene rings is 1. The molecule has 1 aliphatic heterocycles. The molecule has 2 aromatic rings. The lowest BCUT2D eigenvalue weighted by Gasteiger charge is -2.15. The summed E-state index contributed by atoms with van der Waals surface area (Å²) in [4.78, 5) is 23.5. The summed E-state index contributed by atoms with van der Waals surface area (Å²) in [7, 11) is -2.17. The number of ketones is 1. The molecule has 11 heteroatoms. The van der Waals surface area contributed by atoms with E-state index in [-0.39, 0.29) is 16.4 Å². The van der Waals surface area contributed by atoms with Crippen LogP contribution < -0.4 is 4.74 Å². The SMILES string of the molecule is COCCCn1c(C)cc(C(=O)COc2ccc(S(=O)(=O)N3CCCC3)cc2[N+](=O)[O-])c1C. The van der Waals surface area contributed by atoms with E-state index in [9.17, 15) is 23.3 Å². The molecule has 1 aliphatic rings. The average molecular weight is 480 g/mol. The summed E-state index contributed by atoms with van der Waals surface area (Å²) in [5, 5.41) is 11.6. The van der Waals surface area contributed by atoms with Crippen LogP contribution in [-0.4, -0.2) is 61.4 Å². The molecular weight excluding hydrogens is 450 g/mol. The van der Waals surface area contributed by atoms with E-state index in [1.165, 1.54) is 16.4 Å². The number of nitro groups is 1. The van der Waals surface area contributed by atoms with Crippen molar-refractivity contribution >= 4 is 21.5 Å². The molecular formula is C22H29N3O7S. The van der Waals surface area contributed by atoms with Gasteiger partial charge in [0.05, 0.1) is 9.82 Å². The number of methoxy groups -OCH3 is 1. The topological polar surface area (TPSA) is 121 Å². The molecule has 0 amide bonds. The molecule has 1 aromatic carbocycles. The summed E-state index contributed by atoms with van der Waals surface area (Å²) in [6, 6.07) is 5.29. The van der Waals surface area contributed by atoms with Crippen LogP contribution in [0.1, 0.15) is 41.0 Å². The first-order chi connectivity index (χ1) is 15.7. The van der Waals surface area contributed by atoms with Crippen LogP contribution in [0, 0.1) is 24.0 Å². The highest BCUT2D eigenvalue weighted by molar-refractivity contribution is 7.89. The third-order valence-corrected chi connectivity index (χ3v) is 7.69. The summed E-state index contributed by atoms with van der Waals surface area (Å²) in [6.45, 7) is 5.45. The largest absolute Gasteiger partial charge is 0.478 e. The van der Waals surface area contributed by atoms with Crippen LogP contribution in [0.2, 0.25) is 0 Å². The molecule has 2 heterocycles. The highest BCUT2D eigenvalue weighted by atomic mass is 32.2. The molecule has 3 rings (SSSR count). The van der Waals surface area contributed by atoms with Crippen molar-refractivity contribution in [3.05, 3.63) is 51.3 Å². The standard InChI is InChI=1S/C22H29N3O7S/c1-16-13-19(17(2)24(16)11-6-12-31-3)21(26)15-32-22-8-7-18(14-20(22)25(27)28)33(29,30)23-9-4-5-10-23/h7-8,13-14H,4-6,9-12,15H2,1-3H3. The number of nitro benzene ring substituents is 1. The molecule has 0 aliphatic carbocycles. The lowest BCUT2D eigenvalue weighted by Crippen LogP contribution is -2.27. The Morgan fingerprint density at radius 1 is 1.18 bits per heavy atom. The minimum absolute atomic E-state index is 0.150. The second kappa shape index (κ2) is 10.4. The summed E-state index contributed by atoms with van der Waals surface area (Å²) in [6.07, 6.45) is 2.32. The van der Waals surface area contributed by atoms with Gasteiger partial charge in [0.1, 0.15) is 0 Å². The maximum Gasteiger partial charge on any atom is 0.312 e. The number of aromatic nitrogens is 1. The molecule has 0 radical (unpaired) electrons. The molecule has 0 unspecified atom stereocenters. The van der Waals surface area contributed by atoms with Gasteiger partial charge in [-0.15, -0.1) is 0 Å². The average Bonchev–Trinajstić information content (AvgIpc) is 3.42. The first-order valence-corrected chi connectivity index (χ1v) is 12.2. The predicted octanol–water partition coefficient (Wildman–Crippen LogP) is 3.10. The maximum atomic E-state index is 12.8. The Bertz CT molecular complexity index is 1140. The van der Waals surface area contributed by atoms with Crippen LogP contribution in [0.25, 0.3) is 0 Å². The number of aryl methyl sites for hydroxylation is 1. The number of nitrogens with zero attached hydrogens (tertiary/aromatic N) is 3. The molecule has 33 heavy (non-hydrogen) atoms. The van der Waals surface area contributed by atoms with E-state index < -0.39 is 27.2 Å². The molecule has 180 valence electrons. The quantitative estimate of drug-likeness (QED) is 0.210. The Morgan fingerprint density at radius 3 is 2.52 bits per heavy atom. The minimum Gasteiger partial charge on any atom is -0.478 e. The van der Waals surface area contributed by atoms with Gasteiger partial charge in [-0.25, -0.2) is 8.42 Å². The van der Waals surface area contributed by atoms with Crippen LogP contribution in [-0.2, 0) is 21.3 Å². The second-order valence-corrected chi connectivity index (χ2v) is 9.93. The highest BCUT2D eigenvalue weighted by Crippen LogP contribution is 2.32. The van der Waals surface area contributed by atoms with Gasteiger partial charge in [0.25, 0.3) is 0 Å². The Kier molecular flexibility index (Phi) is 7.88. The highest BCUT2D eigenvalue weighted by Gasteiger charge is 2.30. The van der Waals surface area contributed by atoms with E-state index in [4.69, 9.17) is 9.47 Å². The van der Waals surface area contributed by atoms with Gasteiger partial charge in [0.15, 0.2) is 12.4 Å². The number of carbonyl (C=O) groups excluding carboxylic acids is 1. The molecule has 0 spiro atoms. The number of hydrogen-bond donors (Lipinski definition) is 0. The zero-order valence-electron chi connectivity index (χ0n) is 19.1. The first kappa shape index (κ1) is 24.9. The molecule has 0 atom stereocenters. The number of carbonyl (C=O) groups is 1. The van der Waals surface area contributed by atoms with E-state index in [1.807, 2.05) is 18.4 Å². The van der Waals surface area contributed by atoms with E-state index in [1.54, 1.807) is 13.2 Å². The van der Waals surface area contributed by atoms with Gasteiger partial charge < -0.3 is 14.0 Å². The zero-order chi connectivity index (χ0) is 24.2. The van der Waals surface area contributed by atoms with Gasteiger partial charge in [-0.2, -0.15) is 4.31 Å². The number of ether oxygens (including phenoxy) is 2. The van der Waals surface area contributed by atoms with E-state index in [0.717, 1.165) is 36.7 Å². The molecule has 1 saturated heterocycles. The lowest BCUT2D eigenvalue weighted by molar-refractivity contribution is -0.386. The van der Waals surface area contributed by atoms with Crippen molar-refractivity contribution in [3.8, 4) is 5.75 Å². The van der Waals surface area contributed by atoms with E-state index in [0.29, 0.717) is 31.8 Å². The van der Waals surface area contributed by atoms with Crippen LogP contribution in [0.15, 0.2) is 29.2 Å². The van der Waals surface area contributed by atoms with Crippen molar-refractivity contribution in [2.75, 3.05) is 33.4 Å². The Labute approximate surface area is 193 Å². The van der Waals surface area contributed by atoms with Crippen LogP contribution >= 0.6 is 0 Å². The maximum absolute atomic E-state index is 12.8. The summed E-state index contributed by atoms with van der Waals surface area (Å²) in [5.74, 6) is -0.466. The lowest BCUT2D eigenvalue weighted by atomic mass is 10.1. The van der Waals surface area contributed by atoms with Crippen molar-refractivity contribution < 1.29 is 27.6 Å². The predicted molar refractivity (Wildman–Crippen MR) is 121 cm³/mol. The van der Waals surface area contributed by atoms with E-state index >= 15 is 0 Å².